The largest absolute Gasteiger partial charge is 0.343 e. The van der Waals surface area contributed by atoms with Crippen LogP contribution in [0, 0.1) is 11.6 Å². The first-order valence-electron chi connectivity index (χ1n) is 9.35. The minimum absolute atomic E-state index is 0.0734. The van der Waals surface area contributed by atoms with E-state index in [2.05, 4.69) is 20.9 Å². The number of hydrogen-bond acceptors (Lipinski definition) is 5. The maximum atomic E-state index is 13.2. The fourth-order valence-corrected chi connectivity index (χ4v) is 3.30. The second-order valence-electron chi connectivity index (χ2n) is 6.59. The lowest BCUT2D eigenvalue weighted by molar-refractivity contribution is -0.115. The molecule has 1 heterocycles. The van der Waals surface area contributed by atoms with Crippen LogP contribution in [0.2, 0.25) is 0 Å². The summed E-state index contributed by atoms with van der Waals surface area (Å²) in [6.45, 7) is -0.360. The Labute approximate surface area is 186 Å². The highest BCUT2D eigenvalue weighted by Gasteiger charge is 2.11. The second kappa shape index (κ2) is 10.5. The molecule has 0 radical (unpaired) electrons. The SMILES string of the molecule is Cn1ccnc1SCC(=O)Nc1ccc(C(=O)NCC(=O)Nc2ccc(F)c(F)c2)cc1. The van der Waals surface area contributed by atoms with Gasteiger partial charge in [-0.2, -0.15) is 0 Å². The molecular weight excluding hydrogens is 440 g/mol. The van der Waals surface area contributed by atoms with Gasteiger partial charge in [0.25, 0.3) is 5.91 Å². The summed E-state index contributed by atoms with van der Waals surface area (Å²) in [4.78, 5) is 40.3. The summed E-state index contributed by atoms with van der Waals surface area (Å²) in [6.07, 6.45) is 3.44. The van der Waals surface area contributed by atoms with Crippen molar-refractivity contribution in [2.24, 2.45) is 7.05 Å². The van der Waals surface area contributed by atoms with Gasteiger partial charge in [-0.05, 0) is 36.4 Å². The fourth-order valence-electron chi connectivity index (χ4n) is 2.56. The van der Waals surface area contributed by atoms with Crippen LogP contribution in [-0.4, -0.2) is 39.6 Å². The van der Waals surface area contributed by atoms with Crippen molar-refractivity contribution < 1.29 is 23.2 Å². The zero-order chi connectivity index (χ0) is 23.1. The number of imidazole rings is 1. The Morgan fingerprint density at radius 1 is 0.969 bits per heavy atom. The topological polar surface area (TPSA) is 105 Å². The molecule has 1 aromatic heterocycles. The van der Waals surface area contributed by atoms with E-state index in [0.29, 0.717) is 5.69 Å². The number of aromatic nitrogens is 2. The third-order valence-electron chi connectivity index (χ3n) is 4.15. The van der Waals surface area contributed by atoms with Crippen LogP contribution in [0.3, 0.4) is 0 Å². The first-order chi connectivity index (χ1) is 15.3. The Bertz CT molecular complexity index is 1130. The number of rotatable bonds is 8. The number of thioether (sulfide) groups is 1. The Morgan fingerprint density at radius 3 is 2.31 bits per heavy atom. The van der Waals surface area contributed by atoms with Crippen LogP contribution in [0.15, 0.2) is 60.0 Å². The third-order valence-corrected chi connectivity index (χ3v) is 5.21. The number of carbonyl (C=O) groups is 3. The van der Waals surface area contributed by atoms with Crippen LogP contribution in [-0.2, 0) is 16.6 Å². The zero-order valence-electron chi connectivity index (χ0n) is 16.9. The molecule has 8 nitrogen and oxygen atoms in total. The molecule has 0 atom stereocenters. The van der Waals surface area contributed by atoms with Crippen LogP contribution in [0.5, 0.6) is 0 Å². The van der Waals surface area contributed by atoms with Crippen molar-refractivity contribution in [1.82, 2.24) is 14.9 Å². The molecule has 166 valence electrons. The average molecular weight is 459 g/mol. The molecule has 0 saturated heterocycles. The normalized spacial score (nSPS) is 10.5. The van der Waals surface area contributed by atoms with Crippen molar-refractivity contribution in [2.45, 2.75) is 5.16 Å². The van der Waals surface area contributed by atoms with Crippen LogP contribution in [0.25, 0.3) is 0 Å². The van der Waals surface area contributed by atoms with Crippen molar-refractivity contribution in [2.75, 3.05) is 22.9 Å². The number of nitrogens with zero attached hydrogens (tertiary/aromatic N) is 2. The van der Waals surface area contributed by atoms with E-state index in [-0.39, 0.29) is 29.5 Å². The van der Waals surface area contributed by atoms with Crippen molar-refractivity contribution in [1.29, 1.82) is 0 Å². The molecule has 0 spiro atoms. The number of aryl methyl sites for hydroxylation is 1. The van der Waals surface area contributed by atoms with E-state index < -0.39 is 23.4 Å². The lowest BCUT2D eigenvalue weighted by Gasteiger charge is -2.09. The van der Waals surface area contributed by atoms with Crippen LogP contribution < -0.4 is 16.0 Å². The lowest BCUT2D eigenvalue weighted by Crippen LogP contribution is -2.32. The molecule has 11 heteroatoms. The number of hydrogen-bond donors (Lipinski definition) is 3. The lowest BCUT2D eigenvalue weighted by atomic mass is 10.2. The first-order valence-corrected chi connectivity index (χ1v) is 10.3. The van der Waals surface area contributed by atoms with Crippen molar-refractivity contribution >= 4 is 40.9 Å². The molecular formula is C21H19F2N5O3S. The molecule has 3 aromatic rings. The van der Waals surface area contributed by atoms with Gasteiger partial charge in [0.2, 0.25) is 11.8 Å². The summed E-state index contributed by atoms with van der Waals surface area (Å²) in [7, 11) is 1.84. The summed E-state index contributed by atoms with van der Waals surface area (Å²) in [5.41, 5.74) is 0.874. The molecule has 0 aliphatic rings. The maximum absolute atomic E-state index is 13.2. The fraction of sp³-hybridized carbons (Fsp3) is 0.143. The Kier molecular flexibility index (Phi) is 7.55. The van der Waals surface area contributed by atoms with Crippen LogP contribution >= 0.6 is 11.8 Å². The molecule has 32 heavy (non-hydrogen) atoms. The quantitative estimate of drug-likeness (QED) is 0.450. The standard InChI is InChI=1S/C21H19F2N5O3S/c1-28-9-8-24-21(28)32-12-19(30)26-14-4-2-13(3-5-14)20(31)25-11-18(29)27-15-6-7-16(22)17(23)10-15/h2-10H,11-12H2,1H3,(H,25,31)(H,26,30)(H,27,29). The monoisotopic (exact) mass is 459 g/mol. The molecule has 0 fully saturated rings. The highest BCUT2D eigenvalue weighted by Crippen LogP contribution is 2.16. The average Bonchev–Trinajstić information content (AvgIpc) is 3.18. The molecule has 0 saturated carbocycles. The minimum Gasteiger partial charge on any atom is -0.343 e. The number of nitrogens with one attached hydrogen (secondary N) is 3. The highest BCUT2D eigenvalue weighted by molar-refractivity contribution is 7.99. The predicted molar refractivity (Wildman–Crippen MR) is 116 cm³/mol. The van der Waals surface area contributed by atoms with E-state index in [1.807, 2.05) is 11.6 Å². The maximum Gasteiger partial charge on any atom is 0.251 e. The Hall–Kier alpha value is -3.73. The number of amides is 3. The molecule has 0 unspecified atom stereocenters. The van der Waals surface area contributed by atoms with E-state index in [1.54, 1.807) is 24.5 Å². The minimum atomic E-state index is -1.09. The third kappa shape index (κ3) is 6.38. The second-order valence-corrected chi connectivity index (χ2v) is 7.54. The molecule has 0 bridgehead atoms. The van der Waals surface area contributed by atoms with Gasteiger partial charge in [0.15, 0.2) is 16.8 Å². The Morgan fingerprint density at radius 2 is 1.66 bits per heavy atom. The molecule has 0 aliphatic heterocycles. The van der Waals surface area contributed by atoms with Gasteiger partial charge in [0, 0.05) is 42.4 Å². The number of halogens is 2. The van der Waals surface area contributed by atoms with Gasteiger partial charge >= 0.3 is 0 Å². The summed E-state index contributed by atoms with van der Waals surface area (Å²) in [5.74, 6) is -3.26. The van der Waals surface area contributed by atoms with E-state index in [0.717, 1.165) is 17.3 Å². The summed E-state index contributed by atoms with van der Waals surface area (Å²) in [5, 5.41) is 8.23. The first kappa shape index (κ1) is 22.9. The van der Waals surface area contributed by atoms with E-state index in [9.17, 15) is 23.2 Å². The van der Waals surface area contributed by atoms with E-state index >= 15 is 0 Å². The van der Waals surface area contributed by atoms with Gasteiger partial charge in [-0.15, -0.1) is 0 Å². The molecule has 2 aromatic carbocycles. The van der Waals surface area contributed by atoms with Gasteiger partial charge in [0.05, 0.1) is 12.3 Å². The predicted octanol–water partition coefficient (Wildman–Crippen LogP) is 2.80. The number of benzene rings is 2. The van der Waals surface area contributed by atoms with Crippen molar-refractivity contribution in [3.05, 3.63) is 72.1 Å². The van der Waals surface area contributed by atoms with Gasteiger partial charge in [-0.1, -0.05) is 11.8 Å². The van der Waals surface area contributed by atoms with Crippen LogP contribution in [0.1, 0.15) is 10.4 Å². The van der Waals surface area contributed by atoms with E-state index in [4.69, 9.17) is 0 Å². The van der Waals surface area contributed by atoms with Crippen molar-refractivity contribution in [3.63, 3.8) is 0 Å². The summed E-state index contributed by atoms with van der Waals surface area (Å²) in [6, 6.07) is 9.09. The smallest absolute Gasteiger partial charge is 0.251 e. The van der Waals surface area contributed by atoms with Gasteiger partial charge in [-0.25, -0.2) is 13.8 Å². The summed E-state index contributed by atoms with van der Waals surface area (Å²) >= 11 is 1.30. The zero-order valence-corrected chi connectivity index (χ0v) is 17.7. The van der Waals surface area contributed by atoms with Gasteiger partial charge in [0.1, 0.15) is 0 Å². The molecule has 3 amide bonds. The highest BCUT2D eigenvalue weighted by atomic mass is 32.2. The Balaban J connectivity index is 1.44. The number of anilines is 2. The van der Waals surface area contributed by atoms with Crippen molar-refractivity contribution in [3.8, 4) is 0 Å². The number of carbonyl (C=O) groups excluding carboxylic acids is 3. The molecule has 3 N–H and O–H groups in total. The molecule has 0 aliphatic carbocycles. The van der Waals surface area contributed by atoms with E-state index in [1.165, 1.54) is 30.0 Å². The van der Waals surface area contributed by atoms with Crippen LogP contribution in [0.4, 0.5) is 20.2 Å². The van der Waals surface area contributed by atoms with Gasteiger partial charge in [-0.3, -0.25) is 14.4 Å². The molecule has 3 rings (SSSR count). The van der Waals surface area contributed by atoms with Gasteiger partial charge < -0.3 is 20.5 Å². The summed E-state index contributed by atoms with van der Waals surface area (Å²) < 4.78 is 27.9.